The summed E-state index contributed by atoms with van der Waals surface area (Å²) in [4.78, 5) is 26.7. The van der Waals surface area contributed by atoms with Crippen LogP contribution in [0.5, 0.6) is 0 Å². The molecule has 0 spiro atoms. The Morgan fingerprint density at radius 3 is 3.05 bits per heavy atom. The molecule has 2 N–H and O–H groups in total. The zero-order valence-electron chi connectivity index (χ0n) is 10.9. The van der Waals surface area contributed by atoms with Gasteiger partial charge in [0.1, 0.15) is 12.3 Å². The summed E-state index contributed by atoms with van der Waals surface area (Å²) in [6.45, 7) is -0.257. The summed E-state index contributed by atoms with van der Waals surface area (Å²) in [5.74, 6) is 4.64. The number of aromatic nitrogens is 2. The number of carbonyl (C=O) groups is 1. The van der Waals surface area contributed by atoms with Crippen LogP contribution in [0.4, 0.5) is 10.8 Å². The van der Waals surface area contributed by atoms with Gasteiger partial charge in [-0.1, -0.05) is 23.2 Å². The summed E-state index contributed by atoms with van der Waals surface area (Å²) in [6.07, 6.45) is 2.73. The van der Waals surface area contributed by atoms with Gasteiger partial charge in [0.25, 0.3) is 11.6 Å². The molecule has 2 rings (SSSR count). The van der Waals surface area contributed by atoms with Gasteiger partial charge in [-0.25, -0.2) is 4.98 Å². The lowest BCUT2D eigenvalue weighted by molar-refractivity contribution is -0.384. The fourth-order valence-corrected chi connectivity index (χ4v) is 2.24. The molecule has 0 saturated heterocycles. The van der Waals surface area contributed by atoms with Crippen molar-refractivity contribution in [3.05, 3.63) is 39.1 Å². The number of thiazole rings is 1. The van der Waals surface area contributed by atoms with Crippen molar-refractivity contribution >= 4 is 28.1 Å². The van der Waals surface area contributed by atoms with Gasteiger partial charge < -0.3 is 9.67 Å². The Bertz CT molecular complexity index is 753. The summed E-state index contributed by atoms with van der Waals surface area (Å²) >= 11 is 1.14. The Kier molecular flexibility index (Phi) is 4.32. The number of aliphatic hydroxyl groups is 1. The first kappa shape index (κ1) is 14.7. The highest BCUT2D eigenvalue weighted by Crippen LogP contribution is 2.20. The zero-order chi connectivity index (χ0) is 15.4. The minimum Gasteiger partial charge on any atom is -0.384 e. The van der Waals surface area contributed by atoms with E-state index in [1.807, 2.05) is 0 Å². The van der Waals surface area contributed by atoms with Crippen molar-refractivity contribution in [1.29, 1.82) is 0 Å². The van der Waals surface area contributed by atoms with Crippen LogP contribution in [0.1, 0.15) is 15.4 Å². The Balaban J connectivity index is 2.14. The molecule has 2 aromatic heterocycles. The number of aliphatic hydroxyl groups excluding tert-OH is 1. The third-order valence-electron chi connectivity index (χ3n) is 2.45. The molecular weight excluding hydrogens is 296 g/mol. The quantitative estimate of drug-likeness (QED) is 0.499. The predicted molar refractivity (Wildman–Crippen MR) is 76.1 cm³/mol. The SMILES string of the molecule is Cn1cc([N+](=O)[O-])cc1C(=O)Nc1ncc(C#CCO)s1. The van der Waals surface area contributed by atoms with Gasteiger partial charge in [0.15, 0.2) is 5.13 Å². The summed E-state index contributed by atoms with van der Waals surface area (Å²) in [5.41, 5.74) is -0.00353. The molecule has 1 amide bonds. The van der Waals surface area contributed by atoms with E-state index >= 15 is 0 Å². The first-order valence-electron chi connectivity index (χ1n) is 5.69. The lowest BCUT2D eigenvalue weighted by atomic mass is 10.4. The molecular formula is C12H10N4O4S. The molecule has 0 radical (unpaired) electrons. The zero-order valence-corrected chi connectivity index (χ0v) is 11.7. The number of hydrogen-bond donors (Lipinski definition) is 2. The van der Waals surface area contributed by atoms with E-state index < -0.39 is 10.8 Å². The van der Waals surface area contributed by atoms with Crippen LogP contribution in [-0.2, 0) is 7.05 Å². The van der Waals surface area contributed by atoms with Gasteiger partial charge in [0.05, 0.1) is 22.2 Å². The van der Waals surface area contributed by atoms with Crippen molar-refractivity contribution in [3.63, 3.8) is 0 Å². The average Bonchev–Trinajstić information content (AvgIpc) is 3.03. The van der Waals surface area contributed by atoms with Crippen molar-refractivity contribution in [1.82, 2.24) is 9.55 Å². The topological polar surface area (TPSA) is 110 Å². The molecule has 0 bridgehead atoms. The van der Waals surface area contributed by atoms with Gasteiger partial charge in [-0.2, -0.15) is 0 Å². The number of rotatable bonds is 3. The van der Waals surface area contributed by atoms with E-state index in [4.69, 9.17) is 5.11 Å². The predicted octanol–water partition coefficient (Wildman–Crippen LogP) is 0.986. The van der Waals surface area contributed by atoms with Gasteiger partial charge in [-0.3, -0.25) is 20.2 Å². The molecule has 108 valence electrons. The van der Waals surface area contributed by atoms with Crippen LogP contribution < -0.4 is 5.32 Å². The molecule has 0 unspecified atom stereocenters. The maximum Gasteiger partial charge on any atom is 0.287 e. The molecule has 0 aromatic carbocycles. The molecule has 0 aliphatic heterocycles. The average molecular weight is 306 g/mol. The number of hydrogen-bond acceptors (Lipinski definition) is 6. The number of nitro groups is 1. The van der Waals surface area contributed by atoms with Crippen molar-refractivity contribution in [2.24, 2.45) is 7.05 Å². The molecule has 0 aliphatic carbocycles. The summed E-state index contributed by atoms with van der Waals surface area (Å²) < 4.78 is 1.37. The van der Waals surface area contributed by atoms with Crippen molar-refractivity contribution < 1.29 is 14.8 Å². The first-order valence-corrected chi connectivity index (χ1v) is 6.50. The van der Waals surface area contributed by atoms with E-state index in [9.17, 15) is 14.9 Å². The minimum absolute atomic E-state index is 0.153. The summed E-state index contributed by atoms with van der Waals surface area (Å²) in [5, 5.41) is 22.1. The van der Waals surface area contributed by atoms with Crippen LogP contribution in [0.2, 0.25) is 0 Å². The van der Waals surface area contributed by atoms with E-state index in [0.717, 1.165) is 11.3 Å². The third kappa shape index (κ3) is 3.44. The Labute approximate surface area is 123 Å². The van der Waals surface area contributed by atoms with E-state index in [1.54, 1.807) is 7.05 Å². The highest BCUT2D eigenvalue weighted by atomic mass is 32.1. The largest absolute Gasteiger partial charge is 0.384 e. The smallest absolute Gasteiger partial charge is 0.287 e. The molecule has 9 heteroatoms. The highest BCUT2D eigenvalue weighted by Gasteiger charge is 2.18. The lowest BCUT2D eigenvalue weighted by Gasteiger charge is -2.01. The number of anilines is 1. The van der Waals surface area contributed by atoms with Gasteiger partial charge in [-0.15, -0.1) is 0 Å². The van der Waals surface area contributed by atoms with Gasteiger partial charge in [0, 0.05) is 13.1 Å². The van der Waals surface area contributed by atoms with E-state index in [2.05, 4.69) is 22.1 Å². The third-order valence-corrected chi connectivity index (χ3v) is 3.28. The molecule has 2 heterocycles. The van der Waals surface area contributed by atoms with Crippen LogP contribution >= 0.6 is 11.3 Å². The van der Waals surface area contributed by atoms with Crippen LogP contribution in [-0.4, -0.2) is 32.1 Å². The Hall–Kier alpha value is -2.70. The van der Waals surface area contributed by atoms with Crippen LogP contribution in [0.3, 0.4) is 0 Å². The lowest BCUT2D eigenvalue weighted by Crippen LogP contribution is -2.14. The standard InChI is InChI=1S/C12H10N4O4S/c1-15-7-8(16(19)20)5-10(15)11(18)14-12-13-6-9(21-12)3-2-4-17/h5-7,17H,4H2,1H3,(H,13,14,18). The maximum absolute atomic E-state index is 12.0. The second kappa shape index (κ2) is 6.17. The molecule has 21 heavy (non-hydrogen) atoms. The first-order chi connectivity index (χ1) is 10.0. The van der Waals surface area contributed by atoms with E-state index in [1.165, 1.54) is 23.0 Å². The number of nitrogens with one attached hydrogen (secondary N) is 1. The van der Waals surface area contributed by atoms with Crippen LogP contribution in [0, 0.1) is 22.0 Å². The van der Waals surface area contributed by atoms with E-state index in [-0.39, 0.29) is 18.0 Å². The van der Waals surface area contributed by atoms with Crippen molar-refractivity contribution in [2.75, 3.05) is 11.9 Å². The van der Waals surface area contributed by atoms with E-state index in [0.29, 0.717) is 10.0 Å². The molecule has 2 aromatic rings. The fraction of sp³-hybridized carbons (Fsp3) is 0.167. The fourth-order valence-electron chi connectivity index (χ4n) is 1.55. The number of amides is 1. The van der Waals surface area contributed by atoms with Crippen molar-refractivity contribution in [3.8, 4) is 11.8 Å². The summed E-state index contributed by atoms with van der Waals surface area (Å²) in [6, 6.07) is 1.19. The van der Waals surface area contributed by atoms with Gasteiger partial charge >= 0.3 is 0 Å². The normalized spacial score (nSPS) is 9.81. The number of aryl methyl sites for hydroxylation is 1. The second-order valence-electron chi connectivity index (χ2n) is 3.90. The van der Waals surface area contributed by atoms with Crippen LogP contribution in [0.15, 0.2) is 18.5 Å². The molecule has 0 aliphatic rings. The number of carbonyl (C=O) groups excluding carboxylic acids is 1. The number of nitrogens with zero attached hydrogens (tertiary/aromatic N) is 3. The summed E-state index contributed by atoms with van der Waals surface area (Å²) in [7, 11) is 1.54. The van der Waals surface area contributed by atoms with Crippen molar-refractivity contribution in [2.45, 2.75) is 0 Å². The maximum atomic E-state index is 12.0. The molecule has 0 atom stereocenters. The minimum atomic E-state index is -0.567. The van der Waals surface area contributed by atoms with Crippen LogP contribution in [0.25, 0.3) is 0 Å². The molecule has 8 nitrogen and oxygen atoms in total. The molecule has 0 fully saturated rings. The van der Waals surface area contributed by atoms with Gasteiger partial charge in [-0.05, 0) is 0 Å². The highest BCUT2D eigenvalue weighted by molar-refractivity contribution is 7.16. The Morgan fingerprint density at radius 1 is 1.67 bits per heavy atom. The van der Waals surface area contributed by atoms with Gasteiger partial charge in [0.2, 0.25) is 0 Å². The molecule has 0 saturated carbocycles. The Morgan fingerprint density at radius 2 is 2.43 bits per heavy atom. The second-order valence-corrected chi connectivity index (χ2v) is 4.93. The monoisotopic (exact) mass is 306 g/mol.